The Balaban J connectivity index is 1.27. The van der Waals surface area contributed by atoms with E-state index in [9.17, 15) is 13.2 Å². The van der Waals surface area contributed by atoms with Gasteiger partial charge in [-0.3, -0.25) is 0 Å². The molecule has 0 aliphatic rings. The highest BCUT2D eigenvalue weighted by Gasteiger charge is 2.30. The first-order valence-electron chi connectivity index (χ1n) is 11.6. The summed E-state index contributed by atoms with van der Waals surface area (Å²) < 4.78 is 39.0. The molecule has 4 nitrogen and oxygen atoms in total. The van der Waals surface area contributed by atoms with Crippen molar-refractivity contribution < 1.29 is 13.2 Å². The molecule has 182 valence electrons. The van der Waals surface area contributed by atoms with Crippen molar-refractivity contribution in [1.29, 1.82) is 0 Å². The van der Waals surface area contributed by atoms with Crippen LogP contribution in [-0.4, -0.2) is 17.0 Å². The average Bonchev–Trinajstić information content (AvgIpc) is 3.33. The molecule has 0 spiro atoms. The van der Waals surface area contributed by atoms with Gasteiger partial charge < -0.3 is 15.6 Å². The molecule has 0 amide bonds. The molecular weight excluding hydrogens is 461 g/mol. The molecule has 7 heteroatoms. The van der Waals surface area contributed by atoms with Crippen molar-refractivity contribution in [3.8, 4) is 22.5 Å². The lowest BCUT2D eigenvalue weighted by molar-refractivity contribution is -0.137. The van der Waals surface area contributed by atoms with Gasteiger partial charge in [-0.2, -0.15) is 13.2 Å². The first-order valence-corrected chi connectivity index (χ1v) is 11.6. The van der Waals surface area contributed by atoms with Gasteiger partial charge in [0.05, 0.1) is 16.6 Å². The molecule has 0 atom stereocenters. The Morgan fingerprint density at radius 2 is 1.47 bits per heavy atom. The van der Waals surface area contributed by atoms with Gasteiger partial charge in [0.15, 0.2) is 0 Å². The van der Waals surface area contributed by atoms with Crippen LogP contribution >= 0.6 is 0 Å². The quantitative estimate of drug-likeness (QED) is 0.227. The summed E-state index contributed by atoms with van der Waals surface area (Å²) >= 11 is 0. The Morgan fingerprint density at radius 3 is 2.19 bits per heavy atom. The van der Waals surface area contributed by atoms with E-state index in [0.717, 1.165) is 47.6 Å². The molecule has 0 saturated heterocycles. The van der Waals surface area contributed by atoms with Crippen LogP contribution in [0.3, 0.4) is 0 Å². The molecule has 4 aromatic carbocycles. The summed E-state index contributed by atoms with van der Waals surface area (Å²) in [5, 5.41) is 6.61. The fourth-order valence-corrected chi connectivity index (χ4v) is 4.14. The van der Waals surface area contributed by atoms with Gasteiger partial charge in [0.25, 0.3) is 0 Å². The van der Waals surface area contributed by atoms with Crippen molar-refractivity contribution in [3.63, 3.8) is 0 Å². The van der Waals surface area contributed by atoms with Crippen LogP contribution in [0.2, 0.25) is 0 Å². The zero-order valence-corrected chi connectivity index (χ0v) is 19.7. The lowest BCUT2D eigenvalue weighted by Crippen LogP contribution is -2.12. The number of imidazole rings is 1. The molecule has 0 fully saturated rings. The topological polar surface area (TPSA) is 52.7 Å². The van der Waals surface area contributed by atoms with Crippen LogP contribution < -0.4 is 10.6 Å². The monoisotopic (exact) mass is 486 g/mol. The highest BCUT2D eigenvalue weighted by atomic mass is 19.4. The second-order valence-electron chi connectivity index (χ2n) is 8.64. The van der Waals surface area contributed by atoms with Gasteiger partial charge in [-0.25, -0.2) is 4.98 Å². The normalized spacial score (nSPS) is 11.7. The third kappa shape index (κ3) is 5.26. The van der Waals surface area contributed by atoms with Gasteiger partial charge in [-0.1, -0.05) is 54.6 Å². The minimum Gasteiger partial charge on any atom is -0.388 e. The fourth-order valence-electron chi connectivity index (χ4n) is 4.14. The lowest BCUT2D eigenvalue weighted by atomic mass is 10.0. The van der Waals surface area contributed by atoms with Gasteiger partial charge in [0, 0.05) is 31.4 Å². The van der Waals surface area contributed by atoms with E-state index < -0.39 is 11.7 Å². The van der Waals surface area contributed by atoms with Crippen molar-refractivity contribution in [2.24, 2.45) is 0 Å². The van der Waals surface area contributed by atoms with Crippen molar-refractivity contribution >= 4 is 16.7 Å². The van der Waals surface area contributed by atoms with Crippen LogP contribution in [0.5, 0.6) is 0 Å². The Bertz CT molecular complexity index is 1470. The van der Waals surface area contributed by atoms with Crippen LogP contribution in [0.4, 0.5) is 18.9 Å². The van der Waals surface area contributed by atoms with E-state index in [2.05, 4.69) is 63.1 Å². The van der Waals surface area contributed by atoms with E-state index in [4.69, 9.17) is 0 Å². The van der Waals surface area contributed by atoms with Crippen LogP contribution in [0.25, 0.3) is 33.5 Å². The molecule has 5 rings (SSSR count). The molecule has 36 heavy (non-hydrogen) atoms. The average molecular weight is 487 g/mol. The zero-order valence-electron chi connectivity index (χ0n) is 19.7. The molecule has 0 aliphatic heterocycles. The Labute approximate surface area is 207 Å². The van der Waals surface area contributed by atoms with E-state index in [1.807, 2.05) is 37.4 Å². The zero-order chi connectivity index (χ0) is 25.1. The first-order chi connectivity index (χ1) is 17.4. The molecule has 0 aliphatic carbocycles. The van der Waals surface area contributed by atoms with E-state index >= 15 is 0 Å². The highest BCUT2D eigenvalue weighted by Crippen LogP contribution is 2.32. The predicted octanol–water partition coefficient (Wildman–Crippen LogP) is 7.25. The summed E-state index contributed by atoms with van der Waals surface area (Å²) in [5.74, 6) is 0.538. The summed E-state index contributed by atoms with van der Waals surface area (Å²) in [6, 6.07) is 28.1. The number of halogens is 3. The lowest BCUT2D eigenvalue weighted by Gasteiger charge is -2.09. The Kier molecular flexibility index (Phi) is 6.48. The number of benzene rings is 4. The van der Waals surface area contributed by atoms with Crippen LogP contribution in [0.15, 0.2) is 91.0 Å². The number of alkyl halides is 3. The minimum absolute atomic E-state index is 0.363. The summed E-state index contributed by atoms with van der Waals surface area (Å²) in [7, 11) is 1.91. The van der Waals surface area contributed by atoms with Gasteiger partial charge in [0.2, 0.25) is 0 Å². The smallest absolute Gasteiger partial charge is 0.388 e. The summed E-state index contributed by atoms with van der Waals surface area (Å²) in [5.41, 5.74) is 6.63. The SMILES string of the molecule is CNc1ccc(CNCc2cccc(-c3ccc(-c4nc5ccc(C(F)(F)F)cc5[nH]4)cc3)c2)cc1. The maximum atomic E-state index is 13.0. The summed E-state index contributed by atoms with van der Waals surface area (Å²) in [6.45, 7) is 1.53. The van der Waals surface area contributed by atoms with Gasteiger partial charge >= 0.3 is 6.18 Å². The minimum atomic E-state index is -4.39. The molecule has 3 N–H and O–H groups in total. The molecule has 0 radical (unpaired) electrons. The molecule has 5 aromatic rings. The number of hydrogen-bond acceptors (Lipinski definition) is 3. The molecule has 1 aromatic heterocycles. The second kappa shape index (κ2) is 9.87. The van der Waals surface area contributed by atoms with Crippen molar-refractivity contribution in [1.82, 2.24) is 15.3 Å². The van der Waals surface area contributed by atoms with Crippen molar-refractivity contribution in [2.45, 2.75) is 19.3 Å². The number of anilines is 1. The second-order valence-corrected chi connectivity index (χ2v) is 8.64. The number of aromatic amines is 1. The van der Waals surface area contributed by atoms with Crippen LogP contribution in [-0.2, 0) is 19.3 Å². The standard InChI is InChI=1S/C29H25F3N4/c1-33-25-12-5-19(6-13-25)17-34-18-20-3-2-4-23(15-20)21-7-9-22(10-8-21)28-35-26-14-11-24(29(30,31)32)16-27(26)36-28/h2-16,33-34H,17-18H2,1H3,(H,35,36). The van der Waals surface area contributed by atoms with Crippen LogP contribution in [0.1, 0.15) is 16.7 Å². The van der Waals surface area contributed by atoms with E-state index in [1.54, 1.807) is 0 Å². The van der Waals surface area contributed by atoms with E-state index in [-0.39, 0.29) is 0 Å². The van der Waals surface area contributed by atoms with Crippen LogP contribution in [0, 0.1) is 0 Å². The number of H-pyrrole nitrogens is 1. The van der Waals surface area contributed by atoms with Gasteiger partial charge in [0.1, 0.15) is 5.82 Å². The van der Waals surface area contributed by atoms with Gasteiger partial charge in [-0.05, 0) is 58.7 Å². The Morgan fingerprint density at radius 1 is 0.750 bits per heavy atom. The number of rotatable bonds is 7. The maximum Gasteiger partial charge on any atom is 0.416 e. The Hall–Kier alpha value is -4.10. The number of hydrogen-bond donors (Lipinski definition) is 3. The summed E-state index contributed by atoms with van der Waals surface area (Å²) in [6.07, 6.45) is -4.39. The maximum absolute atomic E-state index is 13.0. The predicted molar refractivity (Wildman–Crippen MR) is 139 cm³/mol. The molecule has 0 unspecified atom stereocenters. The summed E-state index contributed by atoms with van der Waals surface area (Å²) in [4.78, 5) is 7.47. The number of fused-ring (bicyclic) bond motifs is 1. The number of aromatic nitrogens is 2. The number of nitrogens with one attached hydrogen (secondary N) is 3. The van der Waals surface area contributed by atoms with Gasteiger partial charge in [-0.15, -0.1) is 0 Å². The fraction of sp³-hybridized carbons (Fsp3) is 0.138. The third-order valence-corrected chi connectivity index (χ3v) is 6.13. The molecule has 0 bridgehead atoms. The number of nitrogens with zero attached hydrogens (tertiary/aromatic N) is 1. The van der Waals surface area contributed by atoms with E-state index in [1.165, 1.54) is 17.2 Å². The molecule has 0 saturated carbocycles. The third-order valence-electron chi connectivity index (χ3n) is 6.13. The molecular formula is C29H25F3N4. The van der Waals surface area contributed by atoms with E-state index in [0.29, 0.717) is 16.9 Å². The molecule has 1 heterocycles. The highest BCUT2D eigenvalue weighted by molar-refractivity contribution is 5.80. The van der Waals surface area contributed by atoms with Crippen molar-refractivity contribution in [3.05, 3.63) is 108 Å². The first kappa shape index (κ1) is 23.6. The van der Waals surface area contributed by atoms with Crippen molar-refractivity contribution in [2.75, 3.05) is 12.4 Å². The largest absolute Gasteiger partial charge is 0.416 e.